The summed E-state index contributed by atoms with van der Waals surface area (Å²) in [6.07, 6.45) is 6.53. The van der Waals surface area contributed by atoms with E-state index in [4.69, 9.17) is 0 Å². The third-order valence-corrected chi connectivity index (χ3v) is 8.67. The molecule has 238 valence electrons. The number of carboxylic acids is 4. The minimum Gasteiger partial charge on any atom is -0.478 e. The van der Waals surface area contributed by atoms with Crippen LogP contribution in [-0.2, 0) is 5.41 Å². The maximum Gasteiger partial charge on any atom is 0.336 e. The van der Waals surface area contributed by atoms with E-state index in [9.17, 15) is 39.6 Å². The molecule has 0 aromatic heterocycles. The first-order chi connectivity index (χ1) is 22.1. The van der Waals surface area contributed by atoms with E-state index in [0.29, 0.717) is 17.5 Å². The Morgan fingerprint density at radius 1 is 0.522 bits per heavy atom. The van der Waals surface area contributed by atoms with E-state index in [1.165, 1.54) is 24.3 Å². The van der Waals surface area contributed by atoms with E-state index in [2.05, 4.69) is 6.92 Å². The second kappa shape index (κ2) is 15.2. The van der Waals surface area contributed by atoms with E-state index in [1.807, 2.05) is 60.7 Å². The molecule has 8 heteroatoms. The van der Waals surface area contributed by atoms with Crippen molar-refractivity contribution in [2.75, 3.05) is 0 Å². The van der Waals surface area contributed by atoms with E-state index in [-0.39, 0.29) is 22.3 Å². The molecule has 0 spiro atoms. The molecule has 4 rings (SSSR count). The molecule has 0 heterocycles. The first-order valence-corrected chi connectivity index (χ1v) is 15.5. The minimum atomic E-state index is -1.39. The van der Waals surface area contributed by atoms with Crippen LogP contribution in [0.3, 0.4) is 0 Å². The summed E-state index contributed by atoms with van der Waals surface area (Å²) < 4.78 is 0. The Kier molecular flexibility index (Phi) is 11.1. The Hall–Kier alpha value is -5.24. The second-order valence-corrected chi connectivity index (χ2v) is 11.4. The van der Waals surface area contributed by atoms with Crippen LogP contribution in [0.2, 0.25) is 0 Å². The Morgan fingerprint density at radius 3 is 1.48 bits per heavy atom. The van der Waals surface area contributed by atoms with Crippen LogP contribution in [-0.4, -0.2) is 44.3 Å². The number of unbranched alkanes of at least 4 members (excludes halogenated alkanes) is 5. The molecule has 0 aliphatic rings. The van der Waals surface area contributed by atoms with E-state index in [0.717, 1.165) is 49.7 Å². The summed E-state index contributed by atoms with van der Waals surface area (Å²) in [6.45, 7) is 2.14. The first kappa shape index (κ1) is 33.6. The number of aromatic carboxylic acids is 4. The van der Waals surface area contributed by atoms with Crippen LogP contribution in [0.4, 0.5) is 0 Å². The van der Waals surface area contributed by atoms with E-state index in [1.54, 1.807) is 12.1 Å². The summed E-state index contributed by atoms with van der Waals surface area (Å²) in [5, 5.41) is 39.8. The van der Waals surface area contributed by atoms with Crippen molar-refractivity contribution in [1.82, 2.24) is 0 Å². The van der Waals surface area contributed by atoms with Crippen LogP contribution < -0.4 is 0 Å². The van der Waals surface area contributed by atoms with Gasteiger partial charge in [0, 0.05) is 5.92 Å². The van der Waals surface area contributed by atoms with Gasteiger partial charge < -0.3 is 20.4 Å². The summed E-state index contributed by atoms with van der Waals surface area (Å²) >= 11 is 0. The quantitative estimate of drug-likeness (QED) is 0.0719. The zero-order chi connectivity index (χ0) is 33.3. The number of carbonyl (C=O) groups is 4. The zero-order valence-corrected chi connectivity index (χ0v) is 25.7. The lowest BCUT2D eigenvalue weighted by Gasteiger charge is -2.44. The van der Waals surface area contributed by atoms with Gasteiger partial charge in [0.05, 0.1) is 27.7 Å². The van der Waals surface area contributed by atoms with E-state index >= 15 is 0 Å². The SMILES string of the molecule is CCCCCCCCC(c1ccc(C(=O)O)c(C(=O)O)c1)C(c1ccccc1)(c1ccccc1)c1ccc(C(=O)O)c(C(=O)O)c1. The van der Waals surface area contributed by atoms with Gasteiger partial charge in [0.15, 0.2) is 0 Å². The molecule has 1 atom stereocenters. The van der Waals surface area contributed by atoms with Gasteiger partial charge in [-0.25, -0.2) is 19.2 Å². The largest absolute Gasteiger partial charge is 0.478 e. The van der Waals surface area contributed by atoms with Crippen LogP contribution in [0.25, 0.3) is 0 Å². The molecule has 0 radical (unpaired) electrons. The average Bonchev–Trinajstić information content (AvgIpc) is 3.06. The third-order valence-electron chi connectivity index (χ3n) is 8.67. The van der Waals surface area contributed by atoms with Gasteiger partial charge in [-0.3, -0.25) is 0 Å². The molecule has 4 N–H and O–H groups in total. The minimum absolute atomic E-state index is 0.335. The predicted molar refractivity (Wildman–Crippen MR) is 174 cm³/mol. The topological polar surface area (TPSA) is 149 Å². The summed E-state index contributed by atoms with van der Waals surface area (Å²) in [4.78, 5) is 48.9. The Labute approximate surface area is 268 Å². The number of hydrogen-bond donors (Lipinski definition) is 4. The van der Waals surface area contributed by atoms with Crippen molar-refractivity contribution in [3.8, 4) is 0 Å². The van der Waals surface area contributed by atoms with Gasteiger partial charge in [-0.15, -0.1) is 0 Å². The number of benzene rings is 4. The molecule has 1 unspecified atom stereocenters. The second-order valence-electron chi connectivity index (χ2n) is 11.4. The molecule has 0 fully saturated rings. The van der Waals surface area contributed by atoms with Crippen LogP contribution in [0.1, 0.15) is 121 Å². The molecule has 4 aromatic carbocycles. The lowest BCUT2D eigenvalue weighted by Crippen LogP contribution is -2.37. The van der Waals surface area contributed by atoms with Gasteiger partial charge >= 0.3 is 23.9 Å². The first-order valence-electron chi connectivity index (χ1n) is 15.5. The maximum atomic E-state index is 12.5. The fourth-order valence-electron chi connectivity index (χ4n) is 6.56. The highest BCUT2D eigenvalue weighted by Crippen LogP contribution is 2.52. The number of carboxylic acid groups (broad SMARTS) is 4. The van der Waals surface area contributed by atoms with Crippen molar-refractivity contribution in [3.63, 3.8) is 0 Å². The summed E-state index contributed by atoms with van der Waals surface area (Å²) in [5.41, 5.74) is 0.133. The zero-order valence-electron chi connectivity index (χ0n) is 25.7. The van der Waals surface area contributed by atoms with Crippen LogP contribution in [0, 0.1) is 0 Å². The molecule has 46 heavy (non-hydrogen) atoms. The van der Waals surface area contributed by atoms with Crippen LogP contribution >= 0.6 is 0 Å². The van der Waals surface area contributed by atoms with Crippen molar-refractivity contribution < 1.29 is 39.6 Å². The smallest absolute Gasteiger partial charge is 0.336 e. The highest BCUT2D eigenvalue weighted by Gasteiger charge is 2.45. The van der Waals surface area contributed by atoms with Gasteiger partial charge in [-0.2, -0.15) is 0 Å². The molecule has 0 bridgehead atoms. The van der Waals surface area contributed by atoms with Crippen molar-refractivity contribution in [3.05, 3.63) is 142 Å². The van der Waals surface area contributed by atoms with Crippen molar-refractivity contribution in [2.45, 2.75) is 63.2 Å². The third kappa shape index (κ3) is 7.01. The number of rotatable bonds is 16. The van der Waals surface area contributed by atoms with Gasteiger partial charge in [0.25, 0.3) is 0 Å². The van der Waals surface area contributed by atoms with Crippen molar-refractivity contribution >= 4 is 23.9 Å². The fraction of sp³-hybridized carbons (Fsp3) is 0.263. The lowest BCUT2D eigenvalue weighted by atomic mass is 9.58. The molecular weight excluding hydrogens is 584 g/mol. The van der Waals surface area contributed by atoms with Gasteiger partial charge in [-0.05, 0) is 52.9 Å². The maximum absolute atomic E-state index is 12.5. The normalized spacial score (nSPS) is 11.9. The predicted octanol–water partition coefficient (Wildman–Crippen LogP) is 8.35. The highest BCUT2D eigenvalue weighted by atomic mass is 16.4. The molecular formula is C38H38O8. The molecule has 8 nitrogen and oxygen atoms in total. The molecule has 0 amide bonds. The molecule has 0 saturated carbocycles. The average molecular weight is 623 g/mol. The van der Waals surface area contributed by atoms with Gasteiger partial charge in [0.1, 0.15) is 0 Å². The Balaban J connectivity index is 2.11. The fourth-order valence-corrected chi connectivity index (χ4v) is 6.56. The number of hydrogen-bond acceptors (Lipinski definition) is 4. The van der Waals surface area contributed by atoms with Crippen LogP contribution in [0.5, 0.6) is 0 Å². The van der Waals surface area contributed by atoms with Crippen molar-refractivity contribution in [1.29, 1.82) is 0 Å². The molecule has 4 aromatic rings. The summed E-state index contributed by atoms with van der Waals surface area (Å²) in [6, 6.07) is 27.6. The van der Waals surface area contributed by atoms with Crippen molar-refractivity contribution in [2.24, 2.45) is 0 Å². The van der Waals surface area contributed by atoms with Gasteiger partial charge in [-0.1, -0.05) is 118 Å². The molecule has 0 aliphatic heterocycles. The van der Waals surface area contributed by atoms with Gasteiger partial charge in [0.2, 0.25) is 0 Å². The Bertz CT molecular complexity index is 1660. The van der Waals surface area contributed by atoms with Crippen LogP contribution in [0.15, 0.2) is 97.1 Å². The van der Waals surface area contributed by atoms with E-state index < -0.39 is 35.2 Å². The Morgan fingerprint density at radius 2 is 0.978 bits per heavy atom. The monoisotopic (exact) mass is 622 g/mol. The summed E-state index contributed by atoms with van der Waals surface area (Å²) in [5.74, 6) is -6.00. The lowest BCUT2D eigenvalue weighted by molar-refractivity contribution is 0.0651. The highest BCUT2D eigenvalue weighted by molar-refractivity contribution is 6.02. The summed E-state index contributed by atoms with van der Waals surface area (Å²) in [7, 11) is 0. The standard InChI is InChI=1S/C38H38O8/c1-2-3-4-5-6-13-18-33(25-19-21-29(34(39)40)31(23-25)36(43)44)38(26-14-9-7-10-15-26,27-16-11-8-12-17-27)28-20-22-30(35(41)42)32(24-28)37(45)46/h7-12,14-17,19-24,33H,2-6,13,18H2,1H3,(H,39,40)(H,41,42)(H,43,44)(H,45,46). The molecule has 0 aliphatic carbocycles. The molecule has 0 saturated heterocycles.